The Morgan fingerprint density at radius 1 is 1.67 bits per heavy atom. The third kappa shape index (κ3) is 3.21. The van der Waals surface area contributed by atoms with Crippen LogP contribution in [0.25, 0.3) is 0 Å². The van der Waals surface area contributed by atoms with Gasteiger partial charge in [-0.25, -0.2) is 0 Å². The molecule has 0 fully saturated rings. The first-order chi connectivity index (χ1) is 5.83. The molecule has 5 nitrogen and oxygen atoms in total. The van der Waals surface area contributed by atoms with Gasteiger partial charge >= 0.3 is 0 Å². The van der Waals surface area contributed by atoms with Crippen LogP contribution in [0.3, 0.4) is 0 Å². The fraction of sp³-hybridized carbons (Fsp3) is 0.667. The molecule has 0 saturated carbocycles. The monoisotopic (exact) mass is 190 g/mol. The smallest absolute Gasteiger partial charge is 0.236 e. The lowest BCUT2D eigenvalue weighted by Crippen LogP contribution is -2.14. The minimum Gasteiger partial charge on any atom is -0.394 e. The Kier molecular flexibility index (Phi) is 4.06. The first-order valence-electron chi connectivity index (χ1n) is 3.45. The lowest BCUT2D eigenvalue weighted by Gasteiger charge is -2.03. The van der Waals surface area contributed by atoms with Gasteiger partial charge in [-0.1, -0.05) is 5.16 Å². The summed E-state index contributed by atoms with van der Waals surface area (Å²) in [6, 6.07) is 0. The van der Waals surface area contributed by atoms with Gasteiger partial charge in [0, 0.05) is 5.75 Å². The number of aromatic nitrogens is 2. The van der Waals surface area contributed by atoms with Crippen LogP contribution in [0.2, 0.25) is 0 Å². The second-order valence-corrected chi connectivity index (χ2v) is 3.22. The summed E-state index contributed by atoms with van der Waals surface area (Å²) in [5, 5.41) is 20.9. The zero-order valence-corrected chi connectivity index (χ0v) is 7.20. The second-order valence-electron chi connectivity index (χ2n) is 2.19. The van der Waals surface area contributed by atoms with Gasteiger partial charge in [0.05, 0.1) is 18.5 Å². The molecule has 1 unspecified atom stereocenters. The Balaban J connectivity index is 2.11. The standard InChI is InChI=1S/C6H10N2O3S/c9-1-5(10)2-12-3-6-7-4-8-11-6/h4-5,9-10H,1-3H2. The van der Waals surface area contributed by atoms with Gasteiger partial charge in [0.2, 0.25) is 5.89 Å². The van der Waals surface area contributed by atoms with Gasteiger partial charge in [0.25, 0.3) is 0 Å². The van der Waals surface area contributed by atoms with Crippen molar-refractivity contribution >= 4 is 11.8 Å². The van der Waals surface area contributed by atoms with E-state index in [1.165, 1.54) is 18.1 Å². The van der Waals surface area contributed by atoms with E-state index in [-0.39, 0.29) is 6.61 Å². The van der Waals surface area contributed by atoms with Crippen LogP contribution in [0.4, 0.5) is 0 Å². The molecular weight excluding hydrogens is 180 g/mol. The van der Waals surface area contributed by atoms with E-state index in [1.807, 2.05) is 0 Å². The van der Waals surface area contributed by atoms with Crippen molar-refractivity contribution < 1.29 is 14.7 Å². The van der Waals surface area contributed by atoms with E-state index in [2.05, 4.69) is 10.1 Å². The molecule has 0 aliphatic rings. The summed E-state index contributed by atoms with van der Waals surface area (Å²) >= 11 is 1.44. The van der Waals surface area contributed by atoms with E-state index < -0.39 is 6.10 Å². The summed E-state index contributed by atoms with van der Waals surface area (Å²) in [5.41, 5.74) is 0. The van der Waals surface area contributed by atoms with Crippen LogP contribution in [0.5, 0.6) is 0 Å². The fourth-order valence-corrected chi connectivity index (χ4v) is 1.39. The zero-order chi connectivity index (χ0) is 8.81. The van der Waals surface area contributed by atoms with Gasteiger partial charge in [-0.15, -0.1) is 11.8 Å². The van der Waals surface area contributed by atoms with E-state index >= 15 is 0 Å². The molecule has 0 aliphatic carbocycles. The van der Waals surface area contributed by atoms with E-state index in [0.717, 1.165) is 0 Å². The lowest BCUT2D eigenvalue weighted by atomic mass is 10.4. The molecule has 1 heterocycles. The highest BCUT2D eigenvalue weighted by atomic mass is 32.2. The van der Waals surface area contributed by atoms with Crippen LogP contribution < -0.4 is 0 Å². The van der Waals surface area contributed by atoms with Gasteiger partial charge in [0.15, 0.2) is 6.33 Å². The first-order valence-corrected chi connectivity index (χ1v) is 4.60. The molecule has 0 spiro atoms. The van der Waals surface area contributed by atoms with Crippen LogP contribution in [-0.2, 0) is 5.75 Å². The largest absolute Gasteiger partial charge is 0.394 e. The van der Waals surface area contributed by atoms with Crippen molar-refractivity contribution in [3.63, 3.8) is 0 Å². The summed E-state index contributed by atoms with van der Waals surface area (Å²) in [5.74, 6) is 1.57. The quantitative estimate of drug-likeness (QED) is 0.661. The van der Waals surface area contributed by atoms with E-state index in [1.54, 1.807) is 0 Å². The van der Waals surface area contributed by atoms with Crippen molar-refractivity contribution in [3.05, 3.63) is 12.2 Å². The molecule has 0 saturated heterocycles. The molecule has 0 radical (unpaired) electrons. The van der Waals surface area contributed by atoms with Crippen LogP contribution >= 0.6 is 11.8 Å². The van der Waals surface area contributed by atoms with Gasteiger partial charge in [-0.3, -0.25) is 0 Å². The van der Waals surface area contributed by atoms with Crippen LogP contribution in [0.1, 0.15) is 5.89 Å². The van der Waals surface area contributed by atoms with E-state index in [4.69, 9.17) is 14.7 Å². The third-order valence-electron chi connectivity index (χ3n) is 1.15. The molecular formula is C6H10N2O3S. The van der Waals surface area contributed by atoms with Crippen molar-refractivity contribution in [3.8, 4) is 0 Å². The Morgan fingerprint density at radius 2 is 2.50 bits per heavy atom. The van der Waals surface area contributed by atoms with Gasteiger partial charge in [0.1, 0.15) is 0 Å². The Hall–Kier alpha value is -0.590. The average Bonchev–Trinajstić information content (AvgIpc) is 2.57. The maximum atomic E-state index is 8.95. The molecule has 6 heteroatoms. The predicted octanol–water partition coefficient (Wildman–Crippen LogP) is -0.344. The summed E-state index contributed by atoms with van der Waals surface area (Å²) in [7, 11) is 0. The maximum absolute atomic E-state index is 8.95. The fourth-order valence-electron chi connectivity index (χ4n) is 0.595. The van der Waals surface area contributed by atoms with Gasteiger partial charge < -0.3 is 14.7 Å². The Morgan fingerprint density at radius 3 is 3.08 bits per heavy atom. The highest BCUT2D eigenvalue weighted by Crippen LogP contribution is 2.09. The third-order valence-corrected chi connectivity index (χ3v) is 2.23. The highest BCUT2D eigenvalue weighted by molar-refractivity contribution is 7.98. The van der Waals surface area contributed by atoms with Crippen molar-refractivity contribution in [2.24, 2.45) is 0 Å². The summed E-state index contributed by atoms with van der Waals surface area (Å²) in [6.45, 7) is -0.211. The number of thioether (sulfide) groups is 1. The predicted molar refractivity (Wildman–Crippen MR) is 43.6 cm³/mol. The van der Waals surface area contributed by atoms with Crippen molar-refractivity contribution in [2.45, 2.75) is 11.9 Å². The molecule has 2 N–H and O–H groups in total. The molecule has 1 aromatic heterocycles. The molecule has 0 aromatic carbocycles. The molecule has 0 amide bonds. The van der Waals surface area contributed by atoms with Crippen molar-refractivity contribution in [1.29, 1.82) is 0 Å². The number of hydrogen-bond acceptors (Lipinski definition) is 6. The highest BCUT2D eigenvalue weighted by Gasteiger charge is 2.03. The zero-order valence-electron chi connectivity index (χ0n) is 6.38. The summed E-state index contributed by atoms with van der Waals surface area (Å²) in [4.78, 5) is 3.80. The molecule has 1 atom stereocenters. The molecule has 1 rings (SSSR count). The Labute approximate surface area is 73.8 Å². The molecule has 68 valence electrons. The van der Waals surface area contributed by atoms with Crippen molar-refractivity contribution in [2.75, 3.05) is 12.4 Å². The minimum atomic E-state index is -0.669. The number of nitrogens with zero attached hydrogens (tertiary/aromatic N) is 2. The molecule has 1 aromatic rings. The van der Waals surface area contributed by atoms with Gasteiger partial charge in [-0.2, -0.15) is 4.98 Å². The first kappa shape index (κ1) is 9.50. The minimum absolute atomic E-state index is 0.211. The number of aliphatic hydroxyl groups excluding tert-OH is 2. The SMILES string of the molecule is OCC(O)CSCc1ncno1. The summed E-state index contributed by atoms with van der Waals surface area (Å²) in [6.07, 6.45) is 0.663. The van der Waals surface area contributed by atoms with E-state index in [9.17, 15) is 0 Å². The maximum Gasteiger partial charge on any atom is 0.236 e. The number of aliphatic hydroxyl groups is 2. The second kappa shape index (κ2) is 5.13. The van der Waals surface area contributed by atoms with Crippen LogP contribution in [-0.4, -0.2) is 38.8 Å². The number of hydrogen-bond donors (Lipinski definition) is 2. The molecule has 0 bridgehead atoms. The average molecular weight is 190 g/mol. The number of rotatable bonds is 5. The van der Waals surface area contributed by atoms with Crippen LogP contribution in [0, 0.1) is 0 Å². The normalized spacial score (nSPS) is 13.2. The van der Waals surface area contributed by atoms with Gasteiger partial charge in [-0.05, 0) is 0 Å². The van der Waals surface area contributed by atoms with E-state index in [0.29, 0.717) is 17.4 Å². The lowest BCUT2D eigenvalue weighted by molar-refractivity contribution is 0.113. The Bertz CT molecular complexity index is 205. The molecule has 0 aliphatic heterocycles. The topological polar surface area (TPSA) is 79.4 Å². The van der Waals surface area contributed by atoms with Crippen molar-refractivity contribution in [1.82, 2.24) is 10.1 Å². The molecule has 12 heavy (non-hydrogen) atoms. The summed E-state index contributed by atoms with van der Waals surface area (Å²) < 4.78 is 4.72. The van der Waals surface area contributed by atoms with Crippen LogP contribution in [0.15, 0.2) is 10.9 Å².